The van der Waals surface area contributed by atoms with Crippen LogP contribution < -0.4 is 16.1 Å². The highest BCUT2D eigenvalue weighted by atomic mass is 19.1. The van der Waals surface area contributed by atoms with Gasteiger partial charge in [-0.25, -0.2) is 9.18 Å². The predicted octanol–water partition coefficient (Wildman–Crippen LogP) is 3.82. The van der Waals surface area contributed by atoms with E-state index in [1.165, 1.54) is 26.3 Å². The number of nitrogens with one attached hydrogen (secondary N) is 2. The number of likely N-dealkylation sites (N-methyl/N-ethyl adjacent to an activating group) is 2. The van der Waals surface area contributed by atoms with Crippen LogP contribution in [0.2, 0.25) is 0 Å². The van der Waals surface area contributed by atoms with Crippen LogP contribution in [0.3, 0.4) is 0 Å². The molecule has 0 bridgehead atoms. The van der Waals surface area contributed by atoms with Gasteiger partial charge in [-0.05, 0) is 127 Å². The number of carbonyl (C=O) groups is 3. The number of hydrogen-bond acceptors (Lipinski definition) is 21. The molecule has 1 aromatic heterocycles. The van der Waals surface area contributed by atoms with Crippen molar-refractivity contribution >= 4 is 34.5 Å². The molecule has 7 N–H and O–H groups in total. The lowest BCUT2D eigenvalue weighted by molar-refractivity contribution is -0.318. The van der Waals surface area contributed by atoms with Gasteiger partial charge < -0.3 is 93.2 Å². The minimum Gasteiger partial charge on any atom is -0.477 e. The number of carboxylic acid groups (broad SMARTS) is 1. The summed E-state index contributed by atoms with van der Waals surface area (Å²) in [6.45, 7) is 18.0. The Morgan fingerprint density at radius 1 is 0.928 bits per heavy atom. The van der Waals surface area contributed by atoms with Crippen molar-refractivity contribution in [3.63, 3.8) is 0 Å². The van der Waals surface area contributed by atoms with E-state index in [2.05, 4.69) is 10.6 Å². The Morgan fingerprint density at radius 3 is 2.23 bits per heavy atom. The molecule has 4 aliphatic rings. The van der Waals surface area contributed by atoms with Crippen LogP contribution in [0.5, 0.6) is 0 Å². The molecule has 0 amide bonds. The van der Waals surface area contributed by atoms with E-state index in [4.69, 9.17) is 42.6 Å². The Morgan fingerprint density at radius 2 is 1.60 bits per heavy atom. The number of ether oxygens (including phenoxy) is 9. The molecule has 3 aliphatic heterocycles. The zero-order valence-electron chi connectivity index (χ0n) is 51.0. The summed E-state index contributed by atoms with van der Waals surface area (Å²) in [7, 11) is 7.04. The summed E-state index contributed by atoms with van der Waals surface area (Å²) in [6, 6.07) is 1.76. The molecule has 0 radical (unpaired) electrons. The number of methoxy groups -OCH3 is 1. The van der Waals surface area contributed by atoms with Crippen molar-refractivity contribution in [3.05, 3.63) is 39.9 Å². The van der Waals surface area contributed by atoms with Crippen molar-refractivity contribution < 1.29 is 86.9 Å². The molecule has 4 heterocycles. The van der Waals surface area contributed by atoms with Crippen molar-refractivity contribution in [3.8, 4) is 0 Å². The van der Waals surface area contributed by atoms with Gasteiger partial charge in [0.1, 0.15) is 40.9 Å². The molecule has 1 aromatic carbocycles. The second-order valence-electron chi connectivity index (χ2n) is 24.3. The Labute approximate surface area is 487 Å². The van der Waals surface area contributed by atoms with Gasteiger partial charge in [-0.15, -0.1) is 0 Å². The fraction of sp³-hybridized carbons (Fsp3) is 0.797. The lowest BCUT2D eigenvalue weighted by Crippen LogP contribution is -2.61. The molecule has 472 valence electrons. The van der Waals surface area contributed by atoms with E-state index < -0.39 is 125 Å². The molecule has 6 rings (SSSR count). The van der Waals surface area contributed by atoms with Gasteiger partial charge in [-0.1, -0.05) is 13.8 Å². The van der Waals surface area contributed by atoms with Crippen molar-refractivity contribution in [1.29, 1.82) is 0 Å². The van der Waals surface area contributed by atoms with Gasteiger partial charge in [0.25, 0.3) is 0 Å². The number of nitrogens with zero attached hydrogens (tertiary/aromatic N) is 3. The Bertz CT molecular complexity index is 2520. The van der Waals surface area contributed by atoms with Crippen molar-refractivity contribution in [2.45, 2.75) is 210 Å². The molecule has 1 saturated carbocycles. The van der Waals surface area contributed by atoms with Crippen molar-refractivity contribution in [1.82, 2.24) is 19.7 Å². The van der Waals surface area contributed by atoms with E-state index in [0.29, 0.717) is 38.1 Å². The molecule has 3 saturated heterocycles. The number of anilines is 1. The van der Waals surface area contributed by atoms with Gasteiger partial charge in [0, 0.05) is 68.8 Å². The fourth-order valence-corrected chi connectivity index (χ4v) is 12.0. The van der Waals surface area contributed by atoms with Gasteiger partial charge in [0.2, 0.25) is 5.43 Å². The smallest absolute Gasteiger partial charge is 0.341 e. The maximum Gasteiger partial charge on any atom is 0.341 e. The molecule has 0 unspecified atom stereocenters. The number of halogens is 1. The third-order valence-electron chi connectivity index (χ3n) is 17.4. The number of aromatic nitrogens is 1. The molecular weight excluding hydrogens is 1090 g/mol. The van der Waals surface area contributed by atoms with E-state index in [-0.39, 0.29) is 87.9 Å². The molecular formula is C59H96FN5O18. The second kappa shape index (κ2) is 29.6. The van der Waals surface area contributed by atoms with Crippen molar-refractivity contribution in [2.24, 2.45) is 11.8 Å². The molecule has 23 nitrogen and oxygen atoms in total. The number of esters is 2. The zero-order chi connectivity index (χ0) is 61.3. The summed E-state index contributed by atoms with van der Waals surface area (Å²) in [6.07, 6.45) is -5.59. The minimum atomic E-state index is -1.86. The van der Waals surface area contributed by atoms with E-state index in [0.717, 1.165) is 18.9 Å². The largest absolute Gasteiger partial charge is 0.477 e. The Kier molecular flexibility index (Phi) is 24.3. The summed E-state index contributed by atoms with van der Waals surface area (Å²) in [5.41, 5.74) is -5.10. The summed E-state index contributed by atoms with van der Waals surface area (Å²) >= 11 is 0. The van der Waals surface area contributed by atoms with Crippen LogP contribution in [0.25, 0.3) is 10.9 Å². The zero-order valence-corrected chi connectivity index (χ0v) is 51.0. The lowest BCUT2D eigenvalue weighted by atomic mass is 9.79. The average Bonchev–Trinajstić information content (AvgIpc) is 4.12. The Hall–Kier alpha value is -3.99. The first-order valence-corrected chi connectivity index (χ1v) is 29.5. The van der Waals surface area contributed by atoms with Crippen LogP contribution in [0.1, 0.15) is 130 Å². The summed E-state index contributed by atoms with van der Waals surface area (Å²) in [5, 5.41) is 63.5. The highest BCUT2D eigenvalue weighted by molar-refractivity contribution is 5.93. The highest BCUT2D eigenvalue weighted by Gasteiger charge is 2.53. The summed E-state index contributed by atoms with van der Waals surface area (Å²) in [5.74, 6) is -5.20. The van der Waals surface area contributed by atoms with Gasteiger partial charge in [0.05, 0.1) is 80.0 Å². The fourth-order valence-electron chi connectivity index (χ4n) is 12.0. The number of aromatic carboxylic acids is 1. The highest BCUT2D eigenvalue weighted by Crippen LogP contribution is 2.41. The lowest BCUT2D eigenvalue weighted by Gasteiger charge is -2.49. The molecule has 24 heteroatoms. The number of rotatable bonds is 23. The number of aliphatic hydroxyl groups is 4. The van der Waals surface area contributed by atoms with Crippen molar-refractivity contribution in [2.75, 3.05) is 86.2 Å². The first-order chi connectivity index (χ1) is 39.1. The summed E-state index contributed by atoms with van der Waals surface area (Å²) in [4.78, 5) is 56.2. The maximum atomic E-state index is 15.0. The van der Waals surface area contributed by atoms with E-state index in [1.807, 2.05) is 37.9 Å². The van der Waals surface area contributed by atoms with Gasteiger partial charge in [-0.2, -0.15) is 0 Å². The third-order valence-corrected chi connectivity index (χ3v) is 17.4. The molecule has 17 atom stereocenters. The molecule has 83 heavy (non-hydrogen) atoms. The first-order valence-electron chi connectivity index (χ1n) is 29.5. The average molecular weight is 1180 g/mol. The number of cyclic esters (lactones) is 1. The third kappa shape index (κ3) is 17.0. The minimum absolute atomic E-state index is 0.0174. The van der Waals surface area contributed by atoms with Crippen LogP contribution in [0.4, 0.5) is 10.1 Å². The maximum absolute atomic E-state index is 15.0. The molecule has 2 aromatic rings. The van der Waals surface area contributed by atoms with E-state index >= 15 is 4.39 Å². The SMILES string of the molecule is CC[C@H]1OC(=O)[C@H](C)[C@@H](O[C@H]2C[C@@](C)(OC)[C@@H](OC(=O)CCNCCOCCOCCNc3cc4c(cc3F)c(=O)c(C(=O)O)cn4C3CC3)[C@H](C)O2)[C@H](C)[C@@H](O[C@@H]2O[C@H](C)C[C@H](N(C)C)[C@H]2O)[C@](C)(O)CCCN(C)[C@H](C)[C@@H](O)[C@]1(C)O. The van der Waals surface area contributed by atoms with Gasteiger partial charge >= 0.3 is 17.9 Å². The van der Waals surface area contributed by atoms with Crippen LogP contribution in [0.15, 0.2) is 23.1 Å². The van der Waals surface area contributed by atoms with Crippen LogP contribution in [0, 0.1) is 17.7 Å². The van der Waals surface area contributed by atoms with Crippen LogP contribution in [-0.2, 0) is 52.2 Å². The quantitative estimate of drug-likeness (QED) is 0.0615. The number of carbonyl (C=O) groups excluding carboxylic acids is 2. The number of carboxylic acids is 1. The Balaban J connectivity index is 1.03. The van der Waals surface area contributed by atoms with Gasteiger partial charge in [-0.3, -0.25) is 14.4 Å². The molecule has 1 aliphatic carbocycles. The second-order valence-corrected chi connectivity index (χ2v) is 24.3. The standard InChI is InChI=1S/C59H96FN5O18/c1-14-45-59(9,74)51(69)36(5)64(12)23-15-19-57(7,73)52(83-56-49(68)44(63(10)11)28-33(2)78-56)34(3)50(35(4)55(72)80-45)82-47-31-58(8,75-13)53(37(6)79-47)81-46(66)18-20-61-21-24-76-26-27-77-25-22-62-42-30-43-39(29-41(42)60)48(67)40(54(70)71)32-65(43)38-16-17-38/h29-30,32-38,44-45,47,49-53,56,61-62,68-69,73-74H,14-28,31H2,1-13H3,(H,70,71)/t33-,34+,35-,36-,37+,44+,45-,47+,49-,50+,51-,52-,53+,56+,57-,58-,59-/m1/s1. The number of hydrogen-bond donors (Lipinski definition) is 7. The predicted molar refractivity (Wildman–Crippen MR) is 305 cm³/mol. The number of fused-ring (bicyclic) bond motifs is 1. The van der Waals surface area contributed by atoms with E-state index in [1.54, 1.807) is 53.0 Å². The van der Waals surface area contributed by atoms with E-state index in [9.17, 15) is 44.7 Å². The number of aliphatic hydroxyl groups excluding tert-OH is 2. The van der Waals surface area contributed by atoms with Crippen LogP contribution in [-0.4, -0.2) is 229 Å². The monoisotopic (exact) mass is 1180 g/mol. The molecule has 4 fully saturated rings. The first kappa shape index (κ1) is 68.1. The topological polar surface area (TPSA) is 288 Å². The number of pyridine rings is 1. The van der Waals surface area contributed by atoms with Crippen LogP contribution >= 0.6 is 0 Å². The molecule has 0 spiro atoms. The normalized spacial score (nSPS) is 35.4. The van der Waals surface area contributed by atoms with Gasteiger partial charge in [0.15, 0.2) is 18.7 Å². The summed E-state index contributed by atoms with van der Waals surface area (Å²) < 4.78 is 72.7. The number of benzene rings is 1.